The quantitative estimate of drug-likeness (QED) is 0.0547. The van der Waals surface area contributed by atoms with Crippen LogP contribution in [0.4, 0.5) is 4.39 Å². The minimum absolute atomic E-state index is 0.0752. The molecule has 4 N–H and O–H groups in total. The van der Waals surface area contributed by atoms with E-state index in [1.165, 1.54) is 76.4 Å². The average molecular weight is 2100 g/mol. The van der Waals surface area contributed by atoms with Crippen LogP contribution in [-0.4, -0.2) is 254 Å². The minimum atomic E-state index is -0.635. The topological polar surface area (TPSA) is 295 Å². The van der Waals surface area contributed by atoms with Crippen LogP contribution in [0.25, 0.3) is 23.0 Å². The van der Waals surface area contributed by atoms with E-state index in [0.29, 0.717) is 179 Å². The summed E-state index contributed by atoms with van der Waals surface area (Å²) in [7, 11) is 0. The molecule has 0 amide bonds. The molecule has 0 bridgehead atoms. The van der Waals surface area contributed by atoms with E-state index in [1.807, 2.05) is 60.7 Å². The Morgan fingerprint density at radius 1 is 0.350 bits per heavy atom. The number of ketones is 8. The number of piperidine rings is 4. The normalized spacial score (nSPS) is 20.6. The molecule has 4 saturated heterocycles. The van der Waals surface area contributed by atoms with Crippen LogP contribution >= 0.6 is 97.8 Å². The summed E-state index contributed by atoms with van der Waals surface area (Å²) < 4.78 is 58.1. The summed E-state index contributed by atoms with van der Waals surface area (Å²) in [6.45, 7) is 21.9. The number of carbonyl (C=O) groups excluding carboxylic acids is 8. The Labute approximate surface area is 854 Å². The van der Waals surface area contributed by atoms with Gasteiger partial charge in [0.15, 0.2) is 0 Å². The number of aliphatic hydroxyl groups is 4. The van der Waals surface area contributed by atoms with E-state index < -0.39 is 93.3 Å². The van der Waals surface area contributed by atoms with E-state index in [0.717, 1.165) is 99.3 Å². The summed E-state index contributed by atoms with van der Waals surface area (Å²) in [5.41, 5.74) is 5.60. The Balaban J connectivity index is 0.000000129. The lowest BCUT2D eigenvalue weighted by molar-refractivity contribution is -0.112. The molecule has 20 rings (SSSR count). The van der Waals surface area contributed by atoms with Gasteiger partial charge in [0, 0.05) is 217 Å². The number of nitrogens with zero attached hydrogens (tertiary/aromatic N) is 4. The molecular weight excluding hydrogens is 1990 g/mol. The Hall–Kier alpha value is -8.96. The molecule has 4 atom stereocenters. The number of aliphatic hydroxyl groups excluding tert-OH is 4. The number of allylic oxidation sites excluding steroid dienone is 4. The maximum Gasteiger partial charge on any atom is 0.243 e. The van der Waals surface area contributed by atoms with E-state index in [1.54, 1.807) is 72.8 Å². The first-order valence-corrected chi connectivity index (χ1v) is 53.0. The van der Waals surface area contributed by atoms with E-state index in [-0.39, 0.29) is 46.7 Å². The molecule has 8 aromatic carbocycles. The number of likely N-dealkylation sites (tertiary alicyclic amines) is 4. The van der Waals surface area contributed by atoms with Crippen molar-refractivity contribution >= 4 is 167 Å². The number of benzene rings is 8. The van der Waals surface area contributed by atoms with Crippen molar-refractivity contribution in [2.45, 2.75) is 157 Å². The van der Waals surface area contributed by atoms with Gasteiger partial charge >= 0.3 is 0 Å². The Kier molecular flexibility index (Phi) is 31.6. The van der Waals surface area contributed by atoms with Crippen LogP contribution < -0.4 is 14.2 Å². The molecule has 0 radical (unpaired) electrons. The van der Waals surface area contributed by atoms with Crippen LogP contribution in [0.1, 0.15) is 173 Å². The number of Topliss-reactive ketones (excluding diaryl/α,β-unsaturated/α-hetero) is 8. The number of halogens is 5. The van der Waals surface area contributed by atoms with Crippen molar-refractivity contribution in [3.63, 3.8) is 0 Å². The van der Waals surface area contributed by atoms with Gasteiger partial charge in [0.25, 0.3) is 0 Å². The predicted octanol–water partition coefficient (Wildman–Crippen LogP) is 18.3. The van der Waals surface area contributed by atoms with Gasteiger partial charge < -0.3 is 73.2 Å². The molecule has 4 spiro atoms. The highest BCUT2D eigenvalue weighted by atomic mass is 79.9. The van der Waals surface area contributed by atoms with Gasteiger partial charge in [0.2, 0.25) is 46.3 Å². The van der Waals surface area contributed by atoms with Crippen LogP contribution in [0.5, 0.6) is 17.2 Å². The standard InChI is InChI=1S/C29H32ClNO5S.C29H32FNO5S.C25H23BrClNO5S.C25H24ClNO4S/c2*1-28(2,3)18-4-7-21(8-5-18)35-16-20(32)15-31-12-10-29(11-13-31)17-37-27-25(34)24(33)22-9-6-19(30)14-23(22)26(27)36-29;26-15-1-6-19-20(11-15)23-24(22(31)21(19)30)34-14-25(33-23)7-9-28(10-8-25)12-17(29)13-32-18-4-2-16(27)3-5-18;26-17-6-7-19-20(13-17)23-24(22(30)21(19)29)32-15-25(31-23)8-10-27(11-9-25)14-18(28)12-16-4-2-1-3-5-16/h2*4-9,14,20,32H,10-13,15-17H2,1-3H3;1-6,11,17,29H,7-10,12-14H2;1-7,13,18,28H,8-12,14-15H2/t2*20-;17-;18-/m0000/s1. The second kappa shape index (κ2) is 43.1. The molecule has 140 heavy (non-hydrogen) atoms. The fourth-order valence-electron chi connectivity index (χ4n) is 19.2. The molecule has 12 aliphatic rings. The molecule has 0 saturated carbocycles. The van der Waals surface area contributed by atoms with Crippen molar-refractivity contribution in [2.75, 3.05) is 121 Å². The van der Waals surface area contributed by atoms with Crippen LogP contribution in [0.15, 0.2) is 200 Å². The van der Waals surface area contributed by atoms with Gasteiger partial charge in [0.1, 0.15) is 126 Å². The van der Waals surface area contributed by atoms with Gasteiger partial charge in [-0.2, -0.15) is 0 Å². The fraction of sp³-hybridized carbons (Fsp3) is 0.407. The third-order valence-electron chi connectivity index (χ3n) is 27.4. The van der Waals surface area contributed by atoms with Crippen molar-refractivity contribution in [1.82, 2.24) is 19.6 Å². The number of hydrogen-bond acceptors (Lipinski definition) is 27. The maximum absolute atomic E-state index is 14.0. The maximum atomic E-state index is 14.0. The second-order valence-electron chi connectivity index (χ2n) is 39.8. The van der Waals surface area contributed by atoms with Crippen molar-refractivity contribution in [1.29, 1.82) is 0 Å². The molecule has 8 heterocycles. The number of carbonyl (C=O) groups is 8. The fourth-order valence-corrected chi connectivity index (χ4v) is 25.1. The number of ether oxygens (including phenoxy) is 7. The summed E-state index contributed by atoms with van der Waals surface area (Å²) in [5, 5.41) is 43.8. The zero-order chi connectivity index (χ0) is 98.9. The Bertz CT molecular complexity index is 6040. The van der Waals surface area contributed by atoms with Crippen LogP contribution in [0, 0.1) is 5.82 Å². The molecule has 8 aromatic rings. The monoisotopic (exact) mass is 2100 g/mol. The number of fused-ring (bicyclic) bond motifs is 8. The van der Waals surface area contributed by atoms with E-state index >= 15 is 0 Å². The average Bonchev–Trinajstić information content (AvgIpc) is 0.752. The largest absolute Gasteiger partial charge is 0.491 e. The van der Waals surface area contributed by atoms with Gasteiger partial charge in [-0.15, -0.1) is 47.0 Å². The third kappa shape index (κ3) is 23.5. The van der Waals surface area contributed by atoms with Crippen molar-refractivity contribution in [3.05, 3.63) is 282 Å². The van der Waals surface area contributed by atoms with Gasteiger partial charge in [-0.05, 0) is 155 Å². The smallest absolute Gasteiger partial charge is 0.243 e. The highest BCUT2D eigenvalue weighted by molar-refractivity contribution is 9.10. The van der Waals surface area contributed by atoms with Gasteiger partial charge in [-0.3, -0.25) is 38.4 Å². The van der Waals surface area contributed by atoms with Crippen molar-refractivity contribution < 1.29 is 96.3 Å². The summed E-state index contributed by atoms with van der Waals surface area (Å²) in [4.78, 5) is 111. The summed E-state index contributed by atoms with van der Waals surface area (Å²) in [6.07, 6.45) is 4.42. The van der Waals surface area contributed by atoms with Crippen molar-refractivity contribution in [3.8, 4) is 17.2 Å². The zero-order valence-corrected chi connectivity index (χ0v) is 85.7. The van der Waals surface area contributed by atoms with Crippen molar-refractivity contribution in [2.24, 2.45) is 0 Å². The van der Waals surface area contributed by atoms with Gasteiger partial charge in [0.05, 0.1) is 6.10 Å². The second-order valence-corrected chi connectivity index (χ2v) is 45.9. The highest BCUT2D eigenvalue weighted by Gasteiger charge is 2.52. The van der Waals surface area contributed by atoms with Crippen LogP contribution in [0.2, 0.25) is 15.1 Å². The first-order valence-electron chi connectivity index (χ1n) is 47.2. The summed E-state index contributed by atoms with van der Waals surface area (Å²) in [5.74, 6) is 1.82. The van der Waals surface area contributed by atoms with Crippen LogP contribution in [0.3, 0.4) is 0 Å². The summed E-state index contributed by atoms with van der Waals surface area (Å²) in [6, 6.07) is 52.1. The molecule has 23 nitrogen and oxygen atoms in total. The Morgan fingerprint density at radius 3 is 0.950 bits per heavy atom. The molecule has 0 aromatic heterocycles. The van der Waals surface area contributed by atoms with E-state index in [4.69, 9.17) is 68.0 Å². The highest BCUT2D eigenvalue weighted by Crippen LogP contribution is 2.54. The molecule has 736 valence electrons. The SMILES string of the molecule is CC(C)(C)c1ccc(OC[C@@H](O)CN2CCC3(CC2)CSC2=C(O3)c3cc(Cl)ccc3C(=O)C2=O)cc1.CC(C)(C)c1ccc(OC[C@@H](O)CN2CCC3(CC2)CSC2=C(O3)c3cc(F)ccc3C(=O)C2=O)cc1.O=C1C(=O)c2ccc(Br)cc2C2=C1SCC1(CCN(C[C@H](O)COc3ccc(Cl)cc3)CC1)O2.O=C1C(=O)c2ccc(Cl)cc2C2=C1SCC1(CCN(C[C@@H](O)Cc3ccccc3)CC1)O2. The van der Waals surface area contributed by atoms with E-state index in [9.17, 15) is 63.2 Å². The predicted molar refractivity (Wildman–Crippen MR) is 549 cm³/mol. The number of hydrogen-bond donors (Lipinski definition) is 4. The number of rotatable bonds is 19. The lowest BCUT2D eigenvalue weighted by Crippen LogP contribution is -2.51. The van der Waals surface area contributed by atoms with Gasteiger partial charge in [-0.25, -0.2) is 4.39 Å². The zero-order valence-electron chi connectivity index (χ0n) is 78.6. The summed E-state index contributed by atoms with van der Waals surface area (Å²) >= 11 is 27.3. The number of β-amino-alcohol motifs (C(OH)–C–C–N with tert-alkyl or cyclic N) is 4. The molecule has 0 unspecified atom stereocenters. The van der Waals surface area contributed by atoms with Gasteiger partial charge in [-0.1, -0.05) is 147 Å². The lowest BCUT2D eigenvalue weighted by Gasteiger charge is -2.45. The molecule has 4 fully saturated rings. The lowest BCUT2D eigenvalue weighted by atomic mass is 9.87. The molecule has 4 aliphatic carbocycles. The minimum Gasteiger partial charge on any atom is -0.491 e. The number of thioether (sulfide) groups is 4. The molecular formula is C108H111BrCl3FN4O19S4. The Morgan fingerprint density at radius 2 is 0.629 bits per heavy atom. The first kappa shape index (κ1) is 102. The van der Waals surface area contributed by atoms with Crippen LogP contribution in [-0.2, 0) is 55.4 Å². The molecule has 32 heteroatoms. The van der Waals surface area contributed by atoms with E-state index in [2.05, 4.69) is 101 Å². The third-order valence-corrected chi connectivity index (χ3v) is 33.9. The molecule has 8 aliphatic heterocycles. The first-order chi connectivity index (χ1) is 66.9.